The van der Waals surface area contributed by atoms with Crippen molar-refractivity contribution in [2.24, 2.45) is 5.92 Å². The molecule has 4 atom stereocenters. The van der Waals surface area contributed by atoms with Crippen LogP contribution in [0.1, 0.15) is 46.5 Å². The van der Waals surface area contributed by atoms with Gasteiger partial charge in [-0.1, -0.05) is 20.3 Å². The number of rotatable bonds is 4. The number of nitrogens with zero attached hydrogens (tertiary/aromatic N) is 1. The third kappa shape index (κ3) is 3.51. The Hall–Kier alpha value is -1.10. The molecule has 4 unspecified atom stereocenters. The average Bonchev–Trinajstić information content (AvgIpc) is 2.78. The topological polar surface area (TPSA) is 58.6 Å². The van der Waals surface area contributed by atoms with Crippen molar-refractivity contribution >= 4 is 11.8 Å². The van der Waals surface area contributed by atoms with Gasteiger partial charge in [-0.2, -0.15) is 0 Å². The largest absolute Gasteiger partial charge is 0.373 e. The van der Waals surface area contributed by atoms with E-state index in [-0.39, 0.29) is 36.0 Å². The lowest BCUT2D eigenvalue weighted by Gasteiger charge is -2.28. The Morgan fingerprint density at radius 1 is 1.40 bits per heavy atom. The Labute approximate surface area is 121 Å². The number of hydrogen-bond donors (Lipinski definition) is 1. The fourth-order valence-corrected chi connectivity index (χ4v) is 2.92. The van der Waals surface area contributed by atoms with Gasteiger partial charge < -0.3 is 15.0 Å². The second kappa shape index (κ2) is 6.57. The van der Waals surface area contributed by atoms with E-state index < -0.39 is 0 Å². The number of amides is 2. The van der Waals surface area contributed by atoms with Crippen molar-refractivity contribution in [3.05, 3.63) is 0 Å². The van der Waals surface area contributed by atoms with Gasteiger partial charge in [-0.3, -0.25) is 9.59 Å². The predicted molar refractivity (Wildman–Crippen MR) is 76.2 cm³/mol. The van der Waals surface area contributed by atoms with E-state index in [2.05, 4.69) is 12.2 Å². The molecule has 20 heavy (non-hydrogen) atoms. The van der Waals surface area contributed by atoms with Crippen LogP contribution >= 0.6 is 0 Å². The molecular weight excluding hydrogens is 256 g/mol. The van der Waals surface area contributed by atoms with Crippen molar-refractivity contribution in [1.82, 2.24) is 10.2 Å². The summed E-state index contributed by atoms with van der Waals surface area (Å²) < 4.78 is 5.80. The van der Waals surface area contributed by atoms with Crippen LogP contribution in [0.15, 0.2) is 0 Å². The average molecular weight is 282 g/mol. The van der Waals surface area contributed by atoms with Crippen molar-refractivity contribution in [3.8, 4) is 0 Å². The van der Waals surface area contributed by atoms with E-state index in [9.17, 15) is 9.59 Å². The summed E-state index contributed by atoms with van der Waals surface area (Å²) in [6.07, 6.45) is 3.73. The Kier molecular flexibility index (Phi) is 5.02. The van der Waals surface area contributed by atoms with Crippen LogP contribution in [0, 0.1) is 5.92 Å². The molecule has 1 N–H and O–H groups in total. The van der Waals surface area contributed by atoms with Crippen LogP contribution in [-0.4, -0.2) is 48.1 Å². The van der Waals surface area contributed by atoms with Gasteiger partial charge in [-0.25, -0.2) is 0 Å². The monoisotopic (exact) mass is 282 g/mol. The van der Waals surface area contributed by atoms with Crippen molar-refractivity contribution in [2.75, 3.05) is 13.1 Å². The Bertz CT molecular complexity index is 372. The van der Waals surface area contributed by atoms with Crippen LogP contribution < -0.4 is 5.32 Å². The molecule has 0 aromatic rings. The molecule has 5 heteroatoms. The highest BCUT2D eigenvalue weighted by Crippen LogP contribution is 2.22. The quantitative estimate of drug-likeness (QED) is 0.846. The fourth-order valence-electron chi connectivity index (χ4n) is 2.92. The molecule has 2 rings (SSSR count). The van der Waals surface area contributed by atoms with Gasteiger partial charge >= 0.3 is 0 Å². The van der Waals surface area contributed by atoms with Crippen LogP contribution in [0.2, 0.25) is 0 Å². The molecule has 0 radical (unpaired) electrons. The number of ether oxygens (including phenoxy) is 1. The molecule has 2 amide bonds. The molecule has 2 heterocycles. The molecule has 0 aromatic carbocycles. The molecule has 0 spiro atoms. The number of carbonyl (C=O) groups is 2. The standard InChI is InChI=1S/C15H26N2O3/c1-4-10(2)14-15(19)17(8-7-13(18)16-14)9-12-6-5-11(3)20-12/h10-12,14H,4-9H2,1-3H3,(H,16,18). The van der Waals surface area contributed by atoms with Crippen molar-refractivity contribution in [1.29, 1.82) is 0 Å². The summed E-state index contributed by atoms with van der Waals surface area (Å²) in [6.45, 7) is 7.25. The lowest BCUT2D eigenvalue weighted by Crippen LogP contribution is -2.49. The predicted octanol–water partition coefficient (Wildman–Crippen LogP) is 1.32. The Morgan fingerprint density at radius 2 is 2.15 bits per heavy atom. The van der Waals surface area contributed by atoms with Crippen molar-refractivity contribution in [3.63, 3.8) is 0 Å². The maximum Gasteiger partial charge on any atom is 0.245 e. The van der Waals surface area contributed by atoms with E-state index in [0.29, 0.717) is 19.5 Å². The summed E-state index contributed by atoms with van der Waals surface area (Å²) in [6, 6.07) is -0.381. The van der Waals surface area contributed by atoms with E-state index in [1.807, 2.05) is 18.7 Å². The number of hydrogen-bond acceptors (Lipinski definition) is 3. The summed E-state index contributed by atoms with van der Waals surface area (Å²) in [4.78, 5) is 26.2. The van der Waals surface area contributed by atoms with Crippen LogP contribution in [0.5, 0.6) is 0 Å². The van der Waals surface area contributed by atoms with E-state index >= 15 is 0 Å². The fraction of sp³-hybridized carbons (Fsp3) is 0.867. The third-order valence-electron chi connectivity index (χ3n) is 4.46. The second-order valence-electron chi connectivity index (χ2n) is 6.11. The molecule has 5 nitrogen and oxygen atoms in total. The van der Waals surface area contributed by atoms with E-state index in [1.165, 1.54) is 0 Å². The third-order valence-corrected chi connectivity index (χ3v) is 4.46. The normalized spacial score (nSPS) is 33.0. The molecule has 114 valence electrons. The molecule has 0 aromatic heterocycles. The SMILES string of the molecule is CCC(C)C1NC(=O)CCN(CC2CCC(C)O2)C1=O. The summed E-state index contributed by atoms with van der Waals surface area (Å²) in [7, 11) is 0. The van der Waals surface area contributed by atoms with Crippen LogP contribution in [0.25, 0.3) is 0 Å². The first-order chi connectivity index (χ1) is 9.51. The van der Waals surface area contributed by atoms with E-state index in [0.717, 1.165) is 19.3 Å². The van der Waals surface area contributed by atoms with Gasteiger partial charge in [-0.05, 0) is 25.7 Å². The van der Waals surface area contributed by atoms with E-state index in [1.54, 1.807) is 0 Å². The molecule has 2 aliphatic rings. The highest BCUT2D eigenvalue weighted by Gasteiger charge is 2.35. The highest BCUT2D eigenvalue weighted by molar-refractivity contribution is 5.90. The maximum atomic E-state index is 12.6. The van der Waals surface area contributed by atoms with Gasteiger partial charge in [0, 0.05) is 19.5 Å². The van der Waals surface area contributed by atoms with E-state index in [4.69, 9.17) is 4.74 Å². The number of nitrogens with one attached hydrogen (secondary N) is 1. The smallest absolute Gasteiger partial charge is 0.245 e. The lowest BCUT2D eigenvalue weighted by atomic mass is 9.98. The van der Waals surface area contributed by atoms with Gasteiger partial charge in [0.2, 0.25) is 11.8 Å². The van der Waals surface area contributed by atoms with Gasteiger partial charge in [-0.15, -0.1) is 0 Å². The molecule has 2 fully saturated rings. The first-order valence-electron chi connectivity index (χ1n) is 7.74. The van der Waals surface area contributed by atoms with Crippen molar-refractivity contribution < 1.29 is 14.3 Å². The molecule has 0 saturated carbocycles. The van der Waals surface area contributed by atoms with Gasteiger partial charge in [0.1, 0.15) is 6.04 Å². The molecule has 0 aliphatic carbocycles. The summed E-state index contributed by atoms with van der Waals surface area (Å²) in [5.41, 5.74) is 0. The van der Waals surface area contributed by atoms with Gasteiger partial charge in [0.05, 0.1) is 12.2 Å². The zero-order chi connectivity index (χ0) is 14.7. The zero-order valence-corrected chi connectivity index (χ0v) is 12.7. The molecular formula is C15H26N2O3. The minimum Gasteiger partial charge on any atom is -0.373 e. The van der Waals surface area contributed by atoms with Crippen molar-refractivity contribution in [2.45, 2.75) is 64.7 Å². The van der Waals surface area contributed by atoms with Gasteiger partial charge in [0.15, 0.2) is 0 Å². The van der Waals surface area contributed by atoms with Gasteiger partial charge in [0.25, 0.3) is 0 Å². The number of carbonyl (C=O) groups excluding carboxylic acids is 2. The Balaban J connectivity index is 2.03. The second-order valence-corrected chi connectivity index (χ2v) is 6.11. The molecule has 2 aliphatic heterocycles. The van der Waals surface area contributed by atoms with Crippen LogP contribution in [0.3, 0.4) is 0 Å². The van der Waals surface area contributed by atoms with Crippen LogP contribution in [0.4, 0.5) is 0 Å². The zero-order valence-electron chi connectivity index (χ0n) is 12.7. The molecule has 0 bridgehead atoms. The summed E-state index contributed by atoms with van der Waals surface area (Å²) in [5, 5.41) is 2.87. The van der Waals surface area contributed by atoms with Crippen LogP contribution in [-0.2, 0) is 14.3 Å². The summed E-state index contributed by atoms with van der Waals surface area (Å²) >= 11 is 0. The minimum absolute atomic E-state index is 0.0214. The minimum atomic E-state index is -0.381. The lowest BCUT2D eigenvalue weighted by molar-refractivity contribution is -0.136. The maximum absolute atomic E-state index is 12.6. The summed E-state index contributed by atoms with van der Waals surface area (Å²) in [5.74, 6) is 0.190. The first-order valence-corrected chi connectivity index (χ1v) is 7.74. The Morgan fingerprint density at radius 3 is 2.75 bits per heavy atom. The first kappa shape index (κ1) is 15.3. The molecule has 2 saturated heterocycles. The highest BCUT2D eigenvalue weighted by atomic mass is 16.5.